The monoisotopic (exact) mass is 359 g/mol. The third-order valence-corrected chi connectivity index (χ3v) is 9.30. The summed E-state index contributed by atoms with van der Waals surface area (Å²) in [6.45, 7) is 6.35. The average molecular weight is 360 g/mol. The molecule has 2 unspecified atom stereocenters. The summed E-state index contributed by atoms with van der Waals surface area (Å²) < 4.78 is 15.4. The summed E-state index contributed by atoms with van der Waals surface area (Å²) in [7, 11) is 0. The van der Waals surface area contributed by atoms with Crippen LogP contribution in [0.15, 0.2) is 23.8 Å². The molecule has 0 aromatic rings. The number of nitrogens with zero attached hydrogens (tertiary/aromatic N) is 1. The van der Waals surface area contributed by atoms with Crippen LogP contribution in [-0.2, 0) is 0 Å². The smallest absolute Gasteiger partial charge is 0.155 e. The Bertz CT molecular complexity index is 653. The van der Waals surface area contributed by atoms with Crippen LogP contribution >= 0.6 is 0 Å². The fourth-order valence-electron chi connectivity index (χ4n) is 7.84. The molecule has 1 aliphatic heterocycles. The molecule has 1 saturated heterocycles. The second-order valence-corrected chi connectivity index (χ2v) is 10.1. The van der Waals surface area contributed by atoms with E-state index < -0.39 is 11.9 Å². The zero-order chi connectivity index (χ0) is 18.2. The molecule has 0 spiro atoms. The van der Waals surface area contributed by atoms with Gasteiger partial charge in [-0.2, -0.15) is 0 Å². The maximum atomic E-state index is 15.4. The molecule has 0 aromatic carbocycles. The van der Waals surface area contributed by atoms with Gasteiger partial charge in [-0.25, -0.2) is 4.39 Å². The highest BCUT2D eigenvalue weighted by Crippen LogP contribution is 2.67. The minimum absolute atomic E-state index is 0.169. The molecule has 26 heavy (non-hydrogen) atoms. The number of hydrogen-bond donors (Lipinski definition) is 1. The normalized spacial score (nSPS) is 53.8. The van der Waals surface area contributed by atoms with Crippen LogP contribution in [0.2, 0.25) is 0 Å². The maximum Gasteiger partial charge on any atom is 0.155 e. The van der Waals surface area contributed by atoms with Gasteiger partial charge in [0.1, 0.15) is 6.17 Å². The average Bonchev–Trinajstić information content (AvgIpc) is 3.23. The Labute approximate surface area is 157 Å². The number of likely N-dealkylation sites (tertiary alicyclic amines) is 1. The summed E-state index contributed by atoms with van der Waals surface area (Å²) in [5, 5.41) is 11.7. The SMILES string of the molecule is C[C@]12C=CCCC1=CC[C@@H]1[C@H]2CC[C@@]2(C)[C@H]1CC(F)C2(O)N1CCCC1. The van der Waals surface area contributed by atoms with Gasteiger partial charge in [-0.1, -0.05) is 37.6 Å². The van der Waals surface area contributed by atoms with E-state index in [9.17, 15) is 5.11 Å². The summed E-state index contributed by atoms with van der Waals surface area (Å²) in [6, 6.07) is 0. The molecule has 3 fully saturated rings. The van der Waals surface area contributed by atoms with Crippen molar-refractivity contribution in [3.05, 3.63) is 23.8 Å². The molecule has 5 rings (SSSR count). The largest absolute Gasteiger partial charge is 0.372 e. The van der Waals surface area contributed by atoms with E-state index in [1.807, 2.05) is 0 Å². The van der Waals surface area contributed by atoms with Crippen LogP contribution in [0.25, 0.3) is 0 Å². The fourth-order valence-corrected chi connectivity index (χ4v) is 7.84. The number of fused-ring (bicyclic) bond motifs is 5. The van der Waals surface area contributed by atoms with Gasteiger partial charge in [0, 0.05) is 23.9 Å². The van der Waals surface area contributed by atoms with Gasteiger partial charge in [-0.3, -0.25) is 4.90 Å². The van der Waals surface area contributed by atoms with Crippen molar-refractivity contribution >= 4 is 0 Å². The van der Waals surface area contributed by atoms with E-state index in [0.29, 0.717) is 24.2 Å². The zero-order valence-electron chi connectivity index (χ0n) is 16.4. The quantitative estimate of drug-likeness (QED) is 0.677. The van der Waals surface area contributed by atoms with E-state index in [1.165, 1.54) is 12.8 Å². The minimum atomic E-state index is -1.24. The van der Waals surface area contributed by atoms with Crippen LogP contribution < -0.4 is 0 Å². The molecule has 4 aliphatic carbocycles. The van der Waals surface area contributed by atoms with Gasteiger partial charge in [0.25, 0.3) is 0 Å². The minimum Gasteiger partial charge on any atom is -0.372 e. The summed E-state index contributed by atoms with van der Waals surface area (Å²) in [6.07, 6.45) is 14.5. The zero-order valence-corrected chi connectivity index (χ0v) is 16.4. The summed E-state index contributed by atoms with van der Waals surface area (Å²) in [5.41, 5.74) is 0.238. The maximum absolute atomic E-state index is 15.4. The van der Waals surface area contributed by atoms with Crippen molar-refractivity contribution < 1.29 is 9.50 Å². The second kappa shape index (κ2) is 5.67. The lowest BCUT2D eigenvalue weighted by molar-refractivity contribution is -0.218. The molecule has 2 nitrogen and oxygen atoms in total. The molecule has 144 valence electrons. The molecule has 3 heteroatoms. The Balaban J connectivity index is 1.52. The van der Waals surface area contributed by atoms with Crippen molar-refractivity contribution in [3.63, 3.8) is 0 Å². The topological polar surface area (TPSA) is 23.5 Å². The van der Waals surface area contributed by atoms with Gasteiger partial charge in [-0.15, -0.1) is 0 Å². The van der Waals surface area contributed by atoms with E-state index in [2.05, 4.69) is 37.0 Å². The lowest BCUT2D eigenvalue weighted by atomic mass is 9.48. The predicted octanol–water partition coefficient (Wildman–Crippen LogP) is 4.85. The van der Waals surface area contributed by atoms with Crippen molar-refractivity contribution in [2.75, 3.05) is 13.1 Å². The Morgan fingerprint density at radius 3 is 2.73 bits per heavy atom. The van der Waals surface area contributed by atoms with Gasteiger partial charge in [0.15, 0.2) is 5.72 Å². The molecule has 0 radical (unpaired) electrons. The Kier molecular flexibility index (Phi) is 3.80. The molecular weight excluding hydrogens is 325 g/mol. The van der Waals surface area contributed by atoms with Gasteiger partial charge in [-0.05, 0) is 69.1 Å². The van der Waals surface area contributed by atoms with Crippen molar-refractivity contribution in [1.29, 1.82) is 0 Å². The van der Waals surface area contributed by atoms with E-state index in [0.717, 1.165) is 45.2 Å². The van der Waals surface area contributed by atoms with Crippen LogP contribution in [0.1, 0.15) is 65.2 Å². The molecule has 2 saturated carbocycles. The van der Waals surface area contributed by atoms with Crippen molar-refractivity contribution in [1.82, 2.24) is 4.90 Å². The van der Waals surface area contributed by atoms with Crippen LogP contribution in [0, 0.1) is 28.6 Å². The van der Waals surface area contributed by atoms with Crippen LogP contribution in [0.5, 0.6) is 0 Å². The summed E-state index contributed by atoms with van der Waals surface area (Å²) >= 11 is 0. The predicted molar refractivity (Wildman–Crippen MR) is 102 cm³/mol. The van der Waals surface area contributed by atoms with Crippen molar-refractivity contribution in [3.8, 4) is 0 Å². The standard InChI is InChI=1S/C23H34FNO/c1-21-11-4-3-7-16(21)8-9-17-18(21)10-12-22(2)19(17)15-20(24)23(22,26)25-13-5-6-14-25/h4,8,11,17-20,26H,3,5-7,9-10,12-15H2,1-2H3/t17-,18-,19+,20?,21+,22+,23?/m1/s1. The number of allylic oxidation sites excluding steroid dienone is 4. The van der Waals surface area contributed by atoms with Gasteiger partial charge < -0.3 is 5.11 Å². The van der Waals surface area contributed by atoms with E-state index in [4.69, 9.17) is 0 Å². The van der Waals surface area contributed by atoms with Crippen LogP contribution in [0.4, 0.5) is 4.39 Å². The Morgan fingerprint density at radius 2 is 1.96 bits per heavy atom. The summed E-state index contributed by atoms with van der Waals surface area (Å²) in [5.74, 6) is 1.43. The number of alkyl halides is 1. The molecule has 0 aromatic heterocycles. The first-order valence-corrected chi connectivity index (χ1v) is 10.9. The first kappa shape index (κ1) is 17.4. The molecule has 7 atom stereocenters. The molecule has 0 amide bonds. The first-order valence-electron chi connectivity index (χ1n) is 10.9. The number of rotatable bonds is 1. The van der Waals surface area contributed by atoms with Gasteiger partial charge >= 0.3 is 0 Å². The van der Waals surface area contributed by atoms with Crippen LogP contribution in [-0.4, -0.2) is 35.0 Å². The Morgan fingerprint density at radius 1 is 1.19 bits per heavy atom. The van der Waals surface area contributed by atoms with Crippen molar-refractivity contribution in [2.45, 2.75) is 77.1 Å². The Hall–Kier alpha value is -0.670. The van der Waals surface area contributed by atoms with Gasteiger partial charge in [0.2, 0.25) is 0 Å². The highest BCUT2D eigenvalue weighted by Gasteiger charge is 2.69. The molecular formula is C23H34FNO. The number of halogens is 1. The lowest BCUT2D eigenvalue weighted by Crippen LogP contribution is -2.63. The summed E-state index contributed by atoms with van der Waals surface area (Å²) in [4.78, 5) is 2.10. The van der Waals surface area contributed by atoms with Crippen molar-refractivity contribution in [2.24, 2.45) is 28.6 Å². The lowest BCUT2D eigenvalue weighted by Gasteiger charge is -2.58. The second-order valence-electron chi connectivity index (χ2n) is 10.1. The number of aliphatic hydroxyl groups is 1. The van der Waals surface area contributed by atoms with E-state index in [-0.39, 0.29) is 10.8 Å². The molecule has 1 heterocycles. The first-order chi connectivity index (χ1) is 12.4. The van der Waals surface area contributed by atoms with E-state index >= 15 is 4.39 Å². The molecule has 1 N–H and O–H groups in total. The highest BCUT2D eigenvalue weighted by molar-refractivity contribution is 5.32. The third kappa shape index (κ3) is 2.00. The fraction of sp³-hybridized carbons (Fsp3) is 0.826. The third-order valence-electron chi connectivity index (χ3n) is 9.30. The molecule has 0 bridgehead atoms. The van der Waals surface area contributed by atoms with Gasteiger partial charge in [0.05, 0.1) is 0 Å². The highest BCUT2D eigenvalue weighted by atomic mass is 19.1. The molecule has 5 aliphatic rings. The van der Waals surface area contributed by atoms with E-state index in [1.54, 1.807) is 5.57 Å². The van der Waals surface area contributed by atoms with Crippen LogP contribution in [0.3, 0.4) is 0 Å². The number of hydrogen-bond acceptors (Lipinski definition) is 2.